The van der Waals surface area contributed by atoms with Crippen molar-refractivity contribution in [3.05, 3.63) is 66.0 Å². The average molecular weight is 401 g/mol. The van der Waals surface area contributed by atoms with Gasteiger partial charge >= 0.3 is 0 Å². The van der Waals surface area contributed by atoms with Crippen LogP contribution in [0.15, 0.2) is 54.6 Å². The summed E-state index contributed by atoms with van der Waals surface area (Å²) in [5, 5.41) is 0.536. The molecule has 1 N–H and O–H groups in total. The Morgan fingerprint density at radius 2 is 1.86 bits per heavy atom. The number of nitrogens with zero attached hydrogens (tertiary/aromatic N) is 2. The first-order valence-corrected chi connectivity index (χ1v) is 10.5. The molecule has 0 aliphatic carbocycles. The lowest BCUT2D eigenvalue weighted by molar-refractivity contribution is 0.0799. The maximum absolute atomic E-state index is 13.7. The molecule has 6 nitrogen and oxygen atoms in total. The number of amides is 1. The van der Waals surface area contributed by atoms with Gasteiger partial charge in [0.05, 0.1) is 23.0 Å². The molecular formula is C20H20FN3O3S. The number of hydrogen-bond acceptors (Lipinski definition) is 4. The molecule has 1 amide bonds. The van der Waals surface area contributed by atoms with E-state index in [1.54, 1.807) is 13.1 Å². The Balaban J connectivity index is 2.00. The Hall–Kier alpha value is -2.84. The van der Waals surface area contributed by atoms with E-state index >= 15 is 0 Å². The van der Waals surface area contributed by atoms with E-state index in [2.05, 4.69) is 9.71 Å². The normalized spacial score (nSPS) is 11.5. The van der Waals surface area contributed by atoms with Gasteiger partial charge < -0.3 is 4.90 Å². The quantitative estimate of drug-likeness (QED) is 0.689. The molecule has 8 heteroatoms. The molecule has 0 fully saturated rings. The number of rotatable bonds is 6. The van der Waals surface area contributed by atoms with Crippen LogP contribution in [-0.2, 0) is 10.0 Å². The standard InChI is InChI=1S/C20H20FN3O3S/c1-24(11-10-22-28(2,26)27)20(25)17-13-18(14-6-4-3-5-7-14)23-19-12-15(21)8-9-16(17)19/h3-9,12-13,22H,10-11H2,1-2H3. The third kappa shape index (κ3) is 4.71. The zero-order valence-electron chi connectivity index (χ0n) is 15.5. The van der Waals surface area contributed by atoms with Crippen molar-refractivity contribution in [1.29, 1.82) is 0 Å². The smallest absolute Gasteiger partial charge is 0.254 e. The molecule has 3 rings (SSSR count). The number of hydrogen-bond donors (Lipinski definition) is 1. The third-order valence-corrected chi connectivity index (χ3v) is 4.96. The van der Waals surface area contributed by atoms with E-state index in [9.17, 15) is 17.6 Å². The largest absolute Gasteiger partial charge is 0.340 e. The fourth-order valence-corrected chi connectivity index (χ4v) is 3.30. The molecule has 2 aromatic carbocycles. The minimum Gasteiger partial charge on any atom is -0.340 e. The highest BCUT2D eigenvalue weighted by Crippen LogP contribution is 2.26. The van der Waals surface area contributed by atoms with Crippen molar-refractivity contribution in [2.24, 2.45) is 0 Å². The van der Waals surface area contributed by atoms with Crippen LogP contribution in [0.25, 0.3) is 22.2 Å². The maximum Gasteiger partial charge on any atom is 0.254 e. The SMILES string of the molecule is CN(CCNS(C)(=O)=O)C(=O)c1cc(-c2ccccc2)nc2cc(F)ccc12. The van der Waals surface area contributed by atoms with Crippen molar-refractivity contribution in [3.63, 3.8) is 0 Å². The van der Waals surface area contributed by atoms with Gasteiger partial charge in [0, 0.05) is 37.2 Å². The lowest BCUT2D eigenvalue weighted by Crippen LogP contribution is -2.35. The minimum atomic E-state index is -3.33. The van der Waals surface area contributed by atoms with Gasteiger partial charge in [-0.2, -0.15) is 0 Å². The molecule has 0 saturated carbocycles. The minimum absolute atomic E-state index is 0.101. The molecular weight excluding hydrogens is 381 g/mol. The van der Waals surface area contributed by atoms with E-state index in [1.807, 2.05) is 30.3 Å². The summed E-state index contributed by atoms with van der Waals surface area (Å²) in [7, 11) is -1.74. The molecule has 28 heavy (non-hydrogen) atoms. The number of likely N-dealkylation sites (N-methyl/N-ethyl adjacent to an activating group) is 1. The fourth-order valence-electron chi connectivity index (χ4n) is 2.84. The van der Waals surface area contributed by atoms with Crippen LogP contribution >= 0.6 is 0 Å². The summed E-state index contributed by atoms with van der Waals surface area (Å²) >= 11 is 0. The van der Waals surface area contributed by atoms with Crippen LogP contribution in [0.1, 0.15) is 10.4 Å². The molecule has 0 atom stereocenters. The first-order valence-electron chi connectivity index (χ1n) is 8.60. The van der Waals surface area contributed by atoms with Gasteiger partial charge in [-0.1, -0.05) is 30.3 Å². The molecule has 0 bridgehead atoms. The van der Waals surface area contributed by atoms with Crippen LogP contribution in [0.4, 0.5) is 4.39 Å². The Morgan fingerprint density at radius 1 is 1.14 bits per heavy atom. The predicted octanol–water partition coefficient (Wildman–Crippen LogP) is 2.66. The number of halogens is 1. The van der Waals surface area contributed by atoms with Crippen molar-refractivity contribution in [2.75, 3.05) is 26.4 Å². The topological polar surface area (TPSA) is 79.4 Å². The molecule has 0 aliphatic heterocycles. The molecule has 0 aliphatic rings. The van der Waals surface area contributed by atoms with Gasteiger partial charge in [0.25, 0.3) is 5.91 Å². The molecule has 0 saturated heterocycles. The van der Waals surface area contributed by atoms with Gasteiger partial charge in [0.2, 0.25) is 10.0 Å². The van der Waals surface area contributed by atoms with Gasteiger partial charge in [-0.15, -0.1) is 0 Å². The van der Waals surface area contributed by atoms with E-state index in [-0.39, 0.29) is 19.0 Å². The summed E-state index contributed by atoms with van der Waals surface area (Å²) in [6, 6.07) is 15.1. The van der Waals surface area contributed by atoms with Gasteiger partial charge in [-0.25, -0.2) is 22.5 Å². The highest BCUT2D eigenvalue weighted by atomic mass is 32.2. The Kier molecular flexibility index (Phi) is 5.71. The lowest BCUT2D eigenvalue weighted by atomic mass is 10.0. The summed E-state index contributed by atoms with van der Waals surface area (Å²) in [5.74, 6) is -0.735. The summed E-state index contributed by atoms with van der Waals surface area (Å²) in [6.45, 7) is 0.293. The number of sulfonamides is 1. The van der Waals surface area contributed by atoms with Crippen molar-refractivity contribution in [2.45, 2.75) is 0 Å². The Morgan fingerprint density at radius 3 is 2.54 bits per heavy atom. The maximum atomic E-state index is 13.7. The first-order chi connectivity index (χ1) is 13.2. The molecule has 3 aromatic rings. The second kappa shape index (κ2) is 8.04. The van der Waals surface area contributed by atoms with Crippen LogP contribution in [-0.4, -0.2) is 50.6 Å². The average Bonchev–Trinajstić information content (AvgIpc) is 2.65. The van der Waals surface area contributed by atoms with Gasteiger partial charge in [0.15, 0.2) is 0 Å². The molecule has 146 valence electrons. The van der Waals surface area contributed by atoms with Crippen LogP contribution < -0.4 is 4.72 Å². The number of fused-ring (bicyclic) bond motifs is 1. The first kappa shape index (κ1) is 19.9. The monoisotopic (exact) mass is 401 g/mol. The van der Waals surface area contributed by atoms with Crippen molar-refractivity contribution in [3.8, 4) is 11.3 Å². The number of benzene rings is 2. The van der Waals surface area contributed by atoms with Gasteiger partial charge in [0.1, 0.15) is 5.82 Å². The second-order valence-corrected chi connectivity index (χ2v) is 8.31. The summed E-state index contributed by atoms with van der Waals surface area (Å²) in [4.78, 5) is 18.9. The lowest BCUT2D eigenvalue weighted by Gasteiger charge is -2.19. The van der Waals surface area contributed by atoms with Crippen LogP contribution in [0.5, 0.6) is 0 Å². The van der Waals surface area contributed by atoms with Crippen LogP contribution in [0, 0.1) is 5.82 Å². The van der Waals surface area contributed by atoms with E-state index in [0.717, 1.165) is 11.8 Å². The van der Waals surface area contributed by atoms with Crippen molar-refractivity contribution < 1.29 is 17.6 Å². The predicted molar refractivity (Wildman–Crippen MR) is 107 cm³/mol. The van der Waals surface area contributed by atoms with E-state index in [4.69, 9.17) is 0 Å². The fraction of sp³-hybridized carbons (Fsp3) is 0.200. The Labute approximate surface area is 163 Å². The highest BCUT2D eigenvalue weighted by molar-refractivity contribution is 7.88. The van der Waals surface area contributed by atoms with Gasteiger partial charge in [-0.05, 0) is 18.2 Å². The Bertz CT molecular complexity index is 1120. The summed E-state index contributed by atoms with van der Waals surface area (Å²) < 4.78 is 38.5. The van der Waals surface area contributed by atoms with E-state index in [0.29, 0.717) is 22.2 Å². The number of carbonyl (C=O) groups excluding carboxylic acids is 1. The van der Waals surface area contributed by atoms with E-state index < -0.39 is 15.8 Å². The second-order valence-electron chi connectivity index (χ2n) is 6.48. The number of nitrogens with one attached hydrogen (secondary N) is 1. The highest BCUT2D eigenvalue weighted by Gasteiger charge is 2.18. The van der Waals surface area contributed by atoms with Crippen LogP contribution in [0.2, 0.25) is 0 Å². The summed E-state index contributed by atoms with van der Waals surface area (Å²) in [5.41, 5.74) is 2.13. The number of carbonyl (C=O) groups is 1. The molecule has 1 heterocycles. The molecule has 0 unspecified atom stereocenters. The van der Waals surface area contributed by atoms with Crippen molar-refractivity contribution in [1.82, 2.24) is 14.6 Å². The zero-order chi connectivity index (χ0) is 20.3. The zero-order valence-corrected chi connectivity index (χ0v) is 16.3. The number of aromatic nitrogens is 1. The molecule has 0 spiro atoms. The summed E-state index contributed by atoms with van der Waals surface area (Å²) in [6.07, 6.45) is 1.06. The third-order valence-electron chi connectivity index (χ3n) is 4.23. The molecule has 0 radical (unpaired) electrons. The number of pyridine rings is 1. The van der Waals surface area contributed by atoms with Crippen LogP contribution in [0.3, 0.4) is 0 Å². The molecule has 1 aromatic heterocycles. The van der Waals surface area contributed by atoms with E-state index in [1.165, 1.54) is 23.1 Å². The van der Waals surface area contributed by atoms with Crippen molar-refractivity contribution >= 4 is 26.8 Å². The van der Waals surface area contributed by atoms with Gasteiger partial charge in [-0.3, -0.25) is 4.79 Å².